The maximum atomic E-state index is 8.60. The topological polar surface area (TPSA) is 69.6 Å². The number of hydrogen-bond donors (Lipinski definition) is 0. The zero-order chi connectivity index (χ0) is 52.2. The van der Waals surface area contributed by atoms with E-state index in [1.165, 1.54) is 28.3 Å². The molecule has 0 spiro atoms. The summed E-state index contributed by atoms with van der Waals surface area (Å²) in [5.74, 6) is 7.53. The Bertz CT molecular complexity index is 3610. The van der Waals surface area contributed by atoms with Crippen LogP contribution in [0.5, 0.6) is 0 Å². The second-order valence-electron chi connectivity index (χ2n) is 20.1. The van der Waals surface area contributed by atoms with E-state index in [9.17, 15) is 0 Å². The number of imidazole rings is 1. The third-order valence-electron chi connectivity index (χ3n) is 12.2. The Morgan fingerprint density at radius 2 is 1.51 bits per heavy atom. The number of aryl methyl sites for hydroxylation is 1. The van der Waals surface area contributed by atoms with Crippen molar-refractivity contribution >= 4 is 50.8 Å². The number of rotatable bonds is 9. The molecule has 0 N–H and O–H groups in total. The quantitative estimate of drug-likeness (QED) is 0.106. The second kappa shape index (κ2) is 20.2. The Morgan fingerprint density at radius 1 is 0.768 bits per heavy atom. The van der Waals surface area contributed by atoms with Gasteiger partial charge in [-0.1, -0.05) is 106 Å². The first kappa shape index (κ1) is 43.1. The summed E-state index contributed by atoms with van der Waals surface area (Å²) in [4.78, 5) is 19.3. The van der Waals surface area contributed by atoms with Gasteiger partial charge in [-0.05, 0) is 63.9 Å². The Balaban J connectivity index is 0.000000231. The van der Waals surface area contributed by atoms with Crippen LogP contribution in [0, 0.1) is 24.9 Å². The average molecular weight is 1150 g/mol. The van der Waals surface area contributed by atoms with Gasteiger partial charge in [0.2, 0.25) is 5.71 Å². The Hall–Kier alpha value is -5.99. The van der Waals surface area contributed by atoms with Crippen molar-refractivity contribution in [2.24, 2.45) is 5.92 Å². The van der Waals surface area contributed by atoms with Crippen molar-refractivity contribution in [3.05, 3.63) is 180 Å². The van der Waals surface area contributed by atoms with Crippen LogP contribution in [0.15, 0.2) is 150 Å². The van der Waals surface area contributed by atoms with E-state index in [1.807, 2.05) is 62.6 Å². The van der Waals surface area contributed by atoms with E-state index in [0.717, 1.165) is 54.5 Å². The van der Waals surface area contributed by atoms with Crippen molar-refractivity contribution in [1.82, 2.24) is 24.5 Å². The van der Waals surface area contributed by atoms with Gasteiger partial charge >= 0.3 is 139 Å². The molecule has 1 radical (unpaired) electrons. The zero-order valence-electron chi connectivity index (χ0n) is 46.0. The summed E-state index contributed by atoms with van der Waals surface area (Å²) in [5, 5.41) is 1.95. The van der Waals surface area contributed by atoms with Gasteiger partial charge < -0.3 is 8.98 Å². The molecule has 0 saturated carbocycles. The van der Waals surface area contributed by atoms with Gasteiger partial charge in [-0.15, -0.1) is 18.2 Å². The molecule has 0 unspecified atom stereocenters. The minimum Gasteiger partial charge on any atom is 0 e. The van der Waals surface area contributed by atoms with Crippen LogP contribution in [0.4, 0.5) is 0 Å². The van der Waals surface area contributed by atoms with Crippen molar-refractivity contribution < 1.29 is 31.4 Å². The summed E-state index contributed by atoms with van der Waals surface area (Å²) in [6, 6.07) is 48.7. The van der Waals surface area contributed by atoms with Gasteiger partial charge in [-0.25, -0.2) is 4.98 Å². The summed E-state index contributed by atoms with van der Waals surface area (Å²) in [6.07, 6.45) is 4.08. The van der Waals surface area contributed by atoms with E-state index < -0.39 is 26.5 Å². The van der Waals surface area contributed by atoms with Crippen LogP contribution in [0.2, 0.25) is 17.3 Å². The molecule has 0 amide bonds. The summed E-state index contributed by atoms with van der Waals surface area (Å²) in [7, 11) is 0. The monoisotopic (exact) mass is 1150 g/mol. The standard InChI is InChI=1S/C42H35N4O.C19H26GeN.Ir/c1-26(2)33-23-29(27-13-8-6-9-14-27)24-34(42(3,4)5)38(33)46-37-25-43-22-21-36(37)44-40(46)32-18-12-17-30-31-19-20-35(28-15-10-7-11-16-28)45-41(31)47-39(30)32;1-14(2)11-17-12-19(16-9-7-15(3)8-10-16)21-13-18(17)20(4,5)6;/h6-17,19-26H,1-5H3;7-9,12-14H,11H2,1-6H3;/q2*-1;/i;3D3,11D2;. The predicted molar refractivity (Wildman–Crippen MR) is 287 cm³/mol. The maximum absolute atomic E-state index is 8.60. The van der Waals surface area contributed by atoms with Gasteiger partial charge in [0.25, 0.3) is 0 Å². The van der Waals surface area contributed by atoms with Crippen molar-refractivity contribution in [2.45, 2.75) is 90.3 Å². The van der Waals surface area contributed by atoms with E-state index in [4.69, 9.17) is 21.2 Å². The summed E-state index contributed by atoms with van der Waals surface area (Å²) in [6.45, 7) is 13.0. The van der Waals surface area contributed by atoms with E-state index in [1.54, 1.807) is 18.3 Å². The fraction of sp³-hybridized carbons (Fsp3) is 0.246. The summed E-state index contributed by atoms with van der Waals surface area (Å²) in [5.41, 5.74) is 13.9. The molecular weight excluding hydrogens is 1080 g/mol. The molecule has 6 nitrogen and oxygen atoms in total. The molecule has 0 fully saturated rings. The first-order chi connectivity index (χ1) is 34.5. The van der Waals surface area contributed by atoms with Crippen molar-refractivity contribution in [3.8, 4) is 50.7 Å². The van der Waals surface area contributed by atoms with Crippen LogP contribution in [0.25, 0.3) is 83.8 Å². The van der Waals surface area contributed by atoms with Crippen LogP contribution >= 0.6 is 0 Å². The maximum Gasteiger partial charge on any atom is 0 e. The van der Waals surface area contributed by atoms with Gasteiger partial charge in [0, 0.05) is 42.9 Å². The first-order valence-corrected chi connectivity index (χ1v) is 30.8. The molecule has 69 heavy (non-hydrogen) atoms. The fourth-order valence-electron chi connectivity index (χ4n) is 8.81. The Morgan fingerprint density at radius 3 is 2.16 bits per heavy atom. The van der Waals surface area contributed by atoms with Crippen LogP contribution < -0.4 is 4.40 Å². The number of furan rings is 1. The van der Waals surface area contributed by atoms with Crippen LogP contribution in [0.1, 0.15) is 83.5 Å². The van der Waals surface area contributed by atoms with E-state index in [2.05, 4.69) is 151 Å². The molecule has 0 aliphatic carbocycles. The SMILES string of the molecule is CC(C)c1cc(-c2ccccc2)cc(C(C)(C)C)c1-n1c(-c2[c-]ccc3c2oc2nc(-c4ccccc4)ccc23)nc2ccncc21.[2H]C([2H])([2H])c1c[c-]c(-c2cc(C([2H])([2H])C(C)C)[c]([Ge]([CH3])([CH3])[CH3])cn2)cc1.[Ir]. The Labute approximate surface area is 431 Å². The molecule has 10 aromatic rings. The predicted octanol–water partition coefficient (Wildman–Crippen LogP) is 15.5. The molecule has 0 aliphatic heterocycles. The summed E-state index contributed by atoms with van der Waals surface area (Å²) < 4.78 is 49.6. The number of fused-ring (bicyclic) bond motifs is 4. The number of nitrogens with zero attached hydrogens (tertiary/aromatic N) is 5. The van der Waals surface area contributed by atoms with Crippen molar-refractivity contribution in [3.63, 3.8) is 0 Å². The van der Waals surface area contributed by atoms with Gasteiger partial charge in [0.15, 0.2) is 0 Å². The molecule has 5 heterocycles. The molecule has 351 valence electrons. The average Bonchev–Trinajstić information content (AvgIpc) is 3.94. The van der Waals surface area contributed by atoms with Crippen LogP contribution in [0.3, 0.4) is 0 Å². The molecular formula is C61H61GeIrN5O-2. The van der Waals surface area contributed by atoms with Gasteiger partial charge in [0.1, 0.15) is 0 Å². The Kier molecular flexibility index (Phi) is 12.6. The molecule has 0 aliphatic rings. The normalized spacial score (nSPS) is 13.4. The zero-order valence-corrected chi connectivity index (χ0v) is 45.5. The molecule has 0 atom stereocenters. The first-order valence-electron chi connectivity index (χ1n) is 25.9. The molecule has 8 heteroatoms. The molecule has 5 aromatic carbocycles. The second-order valence-corrected chi connectivity index (χ2v) is 30.7. The molecule has 0 bridgehead atoms. The van der Waals surface area contributed by atoms with Crippen molar-refractivity contribution in [2.75, 3.05) is 0 Å². The van der Waals surface area contributed by atoms with Crippen LogP contribution in [-0.4, -0.2) is 37.8 Å². The minimum absolute atomic E-state index is 0. The van der Waals surface area contributed by atoms with E-state index in [-0.39, 0.29) is 42.9 Å². The van der Waals surface area contributed by atoms with E-state index >= 15 is 0 Å². The number of benzene rings is 5. The number of aromatic nitrogens is 5. The van der Waals surface area contributed by atoms with Gasteiger partial charge in [0.05, 0.1) is 34.3 Å². The van der Waals surface area contributed by atoms with Crippen molar-refractivity contribution in [1.29, 1.82) is 0 Å². The third kappa shape index (κ3) is 10.3. The van der Waals surface area contributed by atoms with E-state index in [0.29, 0.717) is 28.1 Å². The summed E-state index contributed by atoms with van der Waals surface area (Å²) >= 11 is -2.32. The third-order valence-corrected chi connectivity index (χ3v) is 16.4. The number of pyridine rings is 3. The van der Waals surface area contributed by atoms with Gasteiger partial charge in [-0.2, -0.15) is 0 Å². The number of hydrogen-bond acceptors (Lipinski definition) is 5. The molecule has 0 saturated heterocycles. The fourth-order valence-corrected chi connectivity index (χ4v) is 11.8. The van der Waals surface area contributed by atoms with Gasteiger partial charge in [-0.3, -0.25) is 9.97 Å². The smallest absolute Gasteiger partial charge is 0 e. The molecule has 5 aromatic heterocycles. The molecule has 10 rings (SSSR count). The largest absolute Gasteiger partial charge is 0 e. The van der Waals surface area contributed by atoms with Crippen LogP contribution in [-0.2, 0) is 31.9 Å². The minimum atomic E-state index is -2.32.